The second-order valence-electron chi connectivity index (χ2n) is 3.03. The molecule has 0 aliphatic heterocycles. The lowest BCUT2D eigenvalue weighted by molar-refractivity contribution is 0.242. The lowest BCUT2D eigenvalue weighted by Crippen LogP contribution is -2.32. The van der Waals surface area contributed by atoms with Crippen molar-refractivity contribution >= 4 is 6.03 Å². The predicted molar refractivity (Wildman–Crippen MR) is 52.4 cm³/mol. The average Bonchev–Trinajstić information content (AvgIpc) is 2.16. The minimum atomic E-state index is -0.315. The lowest BCUT2D eigenvalue weighted by Gasteiger charge is -2.05. The fourth-order valence-electron chi connectivity index (χ4n) is 1.06. The molecule has 3 nitrogen and oxygen atoms in total. The number of benzene rings is 1. The van der Waals surface area contributed by atoms with Crippen LogP contribution in [0.4, 0.5) is 9.18 Å². The monoisotopic (exact) mass is 196 g/mol. The first kappa shape index (κ1) is 10.5. The molecule has 1 rings (SSSR count). The number of hydrogen-bond acceptors (Lipinski definition) is 1. The van der Waals surface area contributed by atoms with Crippen LogP contribution in [-0.4, -0.2) is 13.1 Å². The first-order valence-corrected chi connectivity index (χ1v) is 4.34. The highest BCUT2D eigenvalue weighted by atomic mass is 19.1. The standard InChI is InChI=1S/C10H13FN2O/c1-7-3-4-8(9(11)5-7)6-13-10(14)12-2/h3-5H,6H2,1-2H3,(H2,12,13,14). The summed E-state index contributed by atoms with van der Waals surface area (Å²) in [6, 6.07) is 4.61. The first-order valence-electron chi connectivity index (χ1n) is 4.34. The van der Waals surface area contributed by atoms with Crippen LogP contribution in [0.15, 0.2) is 18.2 Å². The van der Waals surface area contributed by atoms with Crippen molar-refractivity contribution in [3.05, 3.63) is 35.1 Å². The van der Waals surface area contributed by atoms with Crippen molar-refractivity contribution in [2.45, 2.75) is 13.5 Å². The molecule has 0 heterocycles. The van der Waals surface area contributed by atoms with Crippen LogP contribution in [0.3, 0.4) is 0 Å². The summed E-state index contributed by atoms with van der Waals surface area (Å²) in [5.41, 5.74) is 1.35. The van der Waals surface area contributed by atoms with E-state index in [0.29, 0.717) is 5.56 Å². The molecule has 2 N–H and O–H groups in total. The van der Waals surface area contributed by atoms with E-state index in [0.717, 1.165) is 5.56 Å². The van der Waals surface area contributed by atoms with Gasteiger partial charge in [0.2, 0.25) is 0 Å². The van der Waals surface area contributed by atoms with Gasteiger partial charge in [-0.15, -0.1) is 0 Å². The molecule has 0 radical (unpaired) electrons. The van der Waals surface area contributed by atoms with Crippen LogP contribution < -0.4 is 10.6 Å². The van der Waals surface area contributed by atoms with Crippen molar-refractivity contribution in [1.29, 1.82) is 0 Å². The number of carbonyl (C=O) groups is 1. The molecule has 4 heteroatoms. The number of carbonyl (C=O) groups excluding carboxylic acids is 1. The number of halogens is 1. The maximum Gasteiger partial charge on any atom is 0.314 e. The SMILES string of the molecule is CNC(=O)NCc1ccc(C)cc1F. The summed E-state index contributed by atoms with van der Waals surface area (Å²) in [4.78, 5) is 10.8. The van der Waals surface area contributed by atoms with Crippen LogP contribution in [0.25, 0.3) is 0 Å². The van der Waals surface area contributed by atoms with Gasteiger partial charge in [0.05, 0.1) is 0 Å². The Balaban J connectivity index is 2.63. The van der Waals surface area contributed by atoms with E-state index >= 15 is 0 Å². The fourth-order valence-corrected chi connectivity index (χ4v) is 1.06. The normalized spacial score (nSPS) is 9.64. The number of aryl methyl sites for hydroxylation is 1. The zero-order valence-electron chi connectivity index (χ0n) is 8.23. The molecule has 0 aliphatic rings. The van der Waals surface area contributed by atoms with Gasteiger partial charge in [0.15, 0.2) is 0 Å². The van der Waals surface area contributed by atoms with E-state index in [4.69, 9.17) is 0 Å². The maximum absolute atomic E-state index is 13.2. The van der Waals surface area contributed by atoms with Crippen LogP contribution >= 0.6 is 0 Å². The van der Waals surface area contributed by atoms with Gasteiger partial charge in [-0.05, 0) is 18.6 Å². The van der Waals surface area contributed by atoms with Crippen molar-refractivity contribution in [1.82, 2.24) is 10.6 Å². The number of hydrogen-bond donors (Lipinski definition) is 2. The molecular weight excluding hydrogens is 183 g/mol. The molecule has 0 saturated heterocycles. The minimum absolute atomic E-state index is 0.200. The highest BCUT2D eigenvalue weighted by Gasteiger charge is 2.03. The van der Waals surface area contributed by atoms with E-state index in [2.05, 4.69) is 10.6 Å². The zero-order valence-corrected chi connectivity index (χ0v) is 8.23. The topological polar surface area (TPSA) is 41.1 Å². The van der Waals surface area contributed by atoms with Crippen molar-refractivity contribution in [3.63, 3.8) is 0 Å². The first-order chi connectivity index (χ1) is 6.63. The molecule has 14 heavy (non-hydrogen) atoms. The van der Waals surface area contributed by atoms with E-state index in [-0.39, 0.29) is 18.4 Å². The molecule has 1 aromatic carbocycles. The molecule has 0 aromatic heterocycles. The van der Waals surface area contributed by atoms with E-state index in [1.165, 1.54) is 13.1 Å². The zero-order chi connectivity index (χ0) is 10.6. The third kappa shape index (κ3) is 2.73. The third-order valence-electron chi connectivity index (χ3n) is 1.88. The Labute approximate surface area is 82.3 Å². The average molecular weight is 196 g/mol. The quantitative estimate of drug-likeness (QED) is 0.740. The molecule has 0 unspecified atom stereocenters. The number of urea groups is 1. The van der Waals surface area contributed by atoms with Crippen LogP contribution in [0, 0.1) is 12.7 Å². The van der Waals surface area contributed by atoms with E-state index in [1.54, 1.807) is 6.07 Å². The minimum Gasteiger partial charge on any atom is -0.341 e. The third-order valence-corrected chi connectivity index (χ3v) is 1.88. The molecule has 0 bridgehead atoms. The fraction of sp³-hybridized carbons (Fsp3) is 0.300. The Morgan fingerprint density at radius 1 is 1.50 bits per heavy atom. The summed E-state index contributed by atoms with van der Waals surface area (Å²) in [5, 5.41) is 4.91. The molecule has 2 amide bonds. The Kier molecular flexibility index (Phi) is 3.45. The largest absolute Gasteiger partial charge is 0.341 e. The number of rotatable bonds is 2. The van der Waals surface area contributed by atoms with Crippen LogP contribution in [0.5, 0.6) is 0 Å². The van der Waals surface area contributed by atoms with Crippen molar-refractivity contribution in [3.8, 4) is 0 Å². The van der Waals surface area contributed by atoms with Gasteiger partial charge in [-0.25, -0.2) is 9.18 Å². The summed E-state index contributed by atoms with van der Waals surface area (Å²) >= 11 is 0. The number of nitrogens with one attached hydrogen (secondary N) is 2. The van der Waals surface area contributed by atoms with Crippen LogP contribution in [0.2, 0.25) is 0 Å². The Hall–Kier alpha value is -1.58. The predicted octanol–water partition coefficient (Wildman–Crippen LogP) is 1.56. The van der Waals surface area contributed by atoms with Gasteiger partial charge in [0.25, 0.3) is 0 Å². The molecular formula is C10H13FN2O. The highest BCUT2D eigenvalue weighted by Crippen LogP contribution is 2.09. The smallest absolute Gasteiger partial charge is 0.314 e. The summed E-state index contributed by atoms with van der Waals surface area (Å²) < 4.78 is 13.2. The lowest BCUT2D eigenvalue weighted by atomic mass is 10.1. The molecule has 1 aromatic rings. The second-order valence-corrected chi connectivity index (χ2v) is 3.03. The van der Waals surface area contributed by atoms with E-state index in [9.17, 15) is 9.18 Å². The summed E-state index contributed by atoms with van der Waals surface area (Å²) in [6.45, 7) is 2.02. The highest BCUT2D eigenvalue weighted by molar-refractivity contribution is 5.73. The molecule has 0 spiro atoms. The Morgan fingerprint density at radius 3 is 2.79 bits per heavy atom. The second kappa shape index (κ2) is 4.60. The molecule has 76 valence electrons. The molecule has 0 atom stereocenters. The van der Waals surface area contributed by atoms with E-state index in [1.807, 2.05) is 13.0 Å². The molecule has 0 aliphatic carbocycles. The Bertz CT molecular complexity index is 339. The van der Waals surface area contributed by atoms with Gasteiger partial charge < -0.3 is 10.6 Å². The van der Waals surface area contributed by atoms with Crippen molar-refractivity contribution in [2.75, 3.05) is 7.05 Å². The van der Waals surface area contributed by atoms with Crippen molar-refractivity contribution in [2.24, 2.45) is 0 Å². The summed E-state index contributed by atoms with van der Waals surface area (Å²) in [6.07, 6.45) is 0. The van der Waals surface area contributed by atoms with Gasteiger partial charge in [-0.1, -0.05) is 12.1 Å². The maximum atomic E-state index is 13.2. The number of amides is 2. The van der Waals surface area contributed by atoms with Crippen LogP contribution in [-0.2, 0) is 6.54 Å². The van der Waals surface area contributed by atoms with Gasteiger partial charge in [-0.2, -0.15) is 0 Å². The van der Waals surface area contributed by atoms with Gasteiger partial charge in [0, 0.05) is 19.2 Å². The van der Waals surface area contributed by atoms with Crippen molar-refractivity contribution < 1.29 is 9.18 Å². The van der Waals surface area contributed by atoms with Gasteiger partial charge in [-0.3, -0.25) is 0 Å². The van der Waals surface area contributed by atoms with Gasteiger partial charge >= 0.3 is 6.03 Å². The van der Waals surface area contributed by atoms with Crippen LogP contribution in [0.1, 0.15) is 11.1 Å². The molecule has 0 fully saturated rings. The Morgan fingerprint density at radius 2 is 2.21 bits per heavy atom. The summed E-state index contributed by atoms with van der Waals surface area (Å²) in [7, 11) is 1.51. The molecule has 0 saturated carbocycles. The van der Waals surface area contributed by atoms with E-state index < -0.39 is 0 Å². The summed E-state index contributed by atoms with van der Waals surface area (Å²) in [5.74, 6) is -0.290. The van der Waals surface area contributed by atoms with Gasteiger partial charge in [0.1, 0.15) is 5.82 Å².